The molecule has 0 bridgehead atoms. The van der Waals surface area contributed by atoms with Crippen LogP contribution in [-0.4, -0.2) is 28.5 Å². The smallest absolute Gasteiger partial charge is 0.113 e. The molecule has 0 aliphatic carbocycles. The number of halogens is 1. The van der Waals surface area contributed by atoms with Gasteiger partial charge in [-0.3, -0.25) is 4.90 Å². The molecule has 0 aromatic carbocycles. The van der Waals surface area contributed by atoms with E-state index in [9.17, 15) is 0 Å². The van der Waals surface area contributed by atoms with E-state index in [2.05, 4.69) is 16.8 Å². The number of nitrogens with zero attached hydrogens (tertiary/aromatic N) is 2. The van der Waals surface area contributed by atoms with E-state index in [0.717, 1.165) is 28.9 Å². The van der Waals surface area contributed by atoms with Crippen molar-refractivity contribution in [3.8, 4) is 0 Å². The number of hydrogen-bond donors (Lipinski definition) is 1. The minimum atomic E-state index is 0.311. The first-order chi connectivity index (χ1) is 6.66. The highest BCUT2D eigenvalue weighted by Crippen LogP contribution is 2.23. The van der Waals surface area contributed by atoms with Crippen molar-refractivity contribution in [3.63, 3.8) is 0 Å². The number of likely N-dealkylation sites (tertiary alicyclic amines) is 1. The van der Waals surface area contributed by atoms with Gasteiger partial charge in [-0.1, -0.05) is 11.6 Å². The topological polar surface area (TPSA) is 42.1 Å². The predicted octanol–water partition coefficient (Wildman–Crippen LogP) is 1.72. The van der Waals surface area contributed by atoms with Gasteiger partial charge in [0.1, 0.15) is 9.34 Å². The van der Waals surface area contributed by atoms with Crippen LogP contribution in [0.2, 0.25) is 4.34 Å². The second kappa shape index (κ2) is 4.14. The van der Waals surface area contributed by atoms with Crippen molar-refractivity contribution in [2.24, 2.45) is 5.73 Å². The Morgan fingerprint density at radius 1 is 1.79 bits per heavy atom. The Hall–Kier alpha value is -0.160. The zero-order valence-electron chi connectivity index (χ0n) is 8.11. The molecule has 2 unspecified atom stereocenters. The first kappa shape index (κ1) is 10.4. The zero-order chi connectivity index (χ0) is 10.1. The van der Waals surface area contributed by atoms with E-state index in [1.54, 1.807) is 17.5 Å². The van der Waals surface area contributed by atoms with Gasteiger partial charge in [-0.25, -0.2) is 4.98 Å². The Labute approximate surface area is 92.9 Å². The van der Waals surface area contributed by atoms with Crippen LogP contribution in [0, 0.1) is 0 Å². The molecule has 2 rings (SSSR count). The lowest BCUT2D eigenvalue weighted by molar-refractivity contribution is 0.251. The highest BCUT2D eigenvalue weighted by molar-refractivity contribution is 7.15. The molecule has 1 aromatic heterocycles. The summed E-state index contributed by atoms with van der Waals surface area (Å²) in [6, 6.07) is 0.767. The van der Waals surface area contributed by atoms with Crippen LogP contribution in [-0.2, 0) is 6.54 Å². The van der Waals surface area contributed by atoms with Crippen LogP contribution < -0.4 is 5.73 Å². The Bertz CT molecular complexity index is 315. The minimum absolute atomic E-state index is 0.311. The maximum atomic E-state index is 5.94. The van der Waals surface area contributed by atoms with E-state index in [4.69, 9.17) is 17.3 Å². The average molecular weight is 232 g/mol. The molecule has 14 heavy (non-hydrogen) atoms. The van der Waals surface area contributed by atoms with Crippen LogP contribution in [0.4, 0.5) is 0 Å². The molecule has 1 fully saturated rings. The van der Waals surface area contributed by atoms with Gasteiger partial charge in [-0.2, -0.15) is 0 Å². The Balaban J connectivity index is 1.98. The highest BCUT2D eigenvalue weighted by Gasteiger charge is 2.28. The SMILES string of the molecule is CC1C(N)CCN1Cc1ncc(Cl)s1. The van der Waals surface area contributed by atoms with Gasteiger partial charge in [0.15, 0.2) is 0 Å². The number of nitrogens with two attached hydrogens (primary N) is 1. The molecule has 0 radical (unpaired) electrons. The minimum Gasteiger partial charge on any atom is -0.326 e. The summed E-state index contributed by atoms with van der Waals surface area (Å²) in [7, 11) is 0. The first-order valence-corrected chi connectivity index (χ1v) is 5.96. The Kier molecular flexibility index (Phi) is 3.07. The summed E-state index contributed by atoms with van der Waals surface area (Å²) in [5.74, 6) is 0. The fourth-order valence-corrected chi connectivity index (χ4v) is 2.77. The highest BCUT2D eigenvalue weighted by atomic mass is 35.5. The van der Waals surface area contributed by atoms with E-state index < -0.39 is 0 Å². The van der Waals surface area contributed by atoms with Crippen LogP contribution in [0.3, 0.4) is 0 Å². The number of thiazole rings is 1. The standard InChI is InChI=1S/C9H14ClN3S/c1-6-7(11)2-3-13(6)5-9-12-4-8(10)14-9/h4,6-7H,2-3,5,11H2,1H3. The Morgan fingerprint density at radius 3 is 3.07 bits per heavy atom. The van der Waals surface area contributed by atoms with Gasteiger partial charge in [0.25, 0.3) is 0 Å². The molecule has 2 atom stereocenters. The molecule has 5 heteroatoms. The summed E-state index contributed by atoms with van der Waals surface area (Å²) in [6.45, 7) is 4.12. The van der Waals surface area contributed by atoms with E-state index in [1.165, 1.54) is 0 Å². The van der Waals surface area contributed by atoms with Gasteiger partial charge in [-0.05, 0) is 13.3 Å². The van der Waals surface area contributed by atoms with Gasteiger partial charge in [-0.15, -0.1) is 11.3 Å². The van der Waals surface area contributed by atoms with Crippen LogP contribution in [0.1, 0.15) is 18.4 Å². The molecular weight excluding hydrogens is 218 g/mol. The molecule has 78 valence electrons. The summed E-state index contributed by atoms with van der Waals surface area (Å²) in [5.41, 5.74) is 5.94. The fraction of sp³-hybridized carbons (Fsp3) is 0.667. The molecule has 0 saturated carbocycles. The monoisotopic (exact) mass is 231 g/mol. The molecule has 1 aliphatic rings. The molecular formula is C9H14ClN3S. The summed E-state index contributed by atoms with van der Waals surface area (Å²) in [4.78, 5) is 6.60. The van der Waals surface area contributed by atoms with Crippen LogP contribution in [0.25, 0.3) is 0 Å². The van der Waals surface area contributed by atoms with Crippen molar-refractivity contribution in [2.45, 2.75) is 32.0 Å². The lowest BCUT2D eigenvalue weighted by Crippen LogP contribution is -2.36. The van der Waals surface area contributed by atoms with Crippen LogP contribution in [0.5, 0.6) is 0 Å². The van der Waals surface area contributed by atoms with Gasteiger partial charge in [0.05, 0.1) is 12.7 Å². The maximum absolute atomic E-state index is 5.94. The molecule has 0 amide bonds. The van der Waals surface area contributed by atoms with Crippen molar-refractivity contribution >= 4 is 22.9 Å². The van der Waals surface area contributed by atoms with E-state index in [-0.39, 0.29) is 0 Å². The van der Waals surface area contributed by atoms with Crippen LogP contribution >= 0.6 is 22.9 Å². The van der Waals surface area contributed by atoms with Crippen LogP contribution in [0.15, 0.2) is 6.20 Å². The van der Waals surface area contributed by atoms with E-state index in [1.807, 2.05) is 0 Å². The number of rotatable bonds is 2. The summed E-state index contributed by atoms with van der Waals surface area (Å²) >= 11 is 7.37. The van der Waals surface area contributed by atoms with Gasteiger partial charge in [0, 0.05) is 18.6 Å². The second-order valence-electron chi connectivity index (χ2n) is 3.72. The Morgan fingerprint density at radius 2 is 2.57 bits per heavy atom. The number of aromatic nitrogens is 1. The summed E-state index contributed by atoms with van der Waals surface area (Å²) in [6.07, 6.45) is 2.79. The molecule has 0 spiro atoms. The van der Waals surface area contributed by atoms with Crippen molar-refractivity contribution in [1.82, 2.24) is 9.88 Å². The predicted molar refractivity (Wildman–Crippen MR) is 59.6 cm³/mol. The van der Waals surface area contributed by atoms with Gasteiger partial charge >= 0.3 is 0 Å². The van der Waals surface area contributed by atoms with Crippen molar-refractivity contribution in [2.75, 3.05) is 6.54 Å². The zero-order valence-corrected chi connectivity index (χ0v) is 9.68. The van der Waals surface area contributed by atoms with Crippen molar-refractivity contribution in [1.29, 1.82) is 0 Å². The van der Waals surface area contributed by atoms with Gasteiger partial charge < -0.3 is 5.73 Å². The molecule has 2 N–H and O–H groups in total. The third-order valence-corrected chi connectivity index (χ3v) is 3.91. The van der Waals surface area contributed by atoms with E-state index in [0.29, 0.717) is 12.1 Å². The maximum Gasteiger partial charge on any atom is 0.113 e. The second-order valence-corrected chi connectivity index (χ2v) is 5.47. The van der Waals surface area contributed by atoms with Crippen molar-refractivity contribution in [3.05, 3.63) is 15.5 Å². The third-order valence-electron chi connectivity index (χ3n) is 2.81. The molecule has 3 nitrogen and oxygen atoms in total. The van der Waals surface area contributed by atoms with Gasteiger partial charge in [0.2, 0.25) is 0 Å². The average Bonchev–Trinajstić information content (AvgIpc) is 2.67. The molecule has 1 aliphatic heterocycles. The summed E-state index contributed by atoms with van der Waals surface area (Å²) in [5, 5.41) is 1.08. The third kappa shape index (κ3) is 2.08. The molecule has 1 aromatic rings. The molecule has 2 heterocycles. The van der Waals surface area contributed by atoms with E-state index >= 15 is 0 Å². The normalized spacial score (nSPS) is 28.5. The number of hydrogen-bond acceptors (Lipinski definition) is 4. The largest absolute Gasteiger partial charge is 0.326 e. The first-order valence-electron chi connectivity index (χ1n) is 4.76. The summed E-state index contributed by atoms with van der Waals surface area (Å²) < 4.78 is 0.760. The van der Waals surface area contributed by atoms with Crippen molar-refractivity contribution < 1.29 is 0 Å². The lowest BCUT2D eigenvalue weighted by Gasteiger charge is -2.21. The quantitative estimate of drug-likeness (QED) is 0.843. The lowest BCUT2D eigenvalue weighted by atomic mass is 10.2. The fourth-order valence-electron chi connectivity index (χ4n) is 1.79. The molecule has 1 saturated heterocycles.